The Bertz CT molecular complexity index is 741. The fourth-order valence-corrected chi connectivity index (χ4v) is 3.43. The number of methoxy groups -OCH3 is 1. The van der Waals surface area contributed by atoms with E-state index in [1.165, 1.54) is 11.8 Å². The predicted molar refractivity (Wildman–Crippen MR) is 105 cm³/mol. The fraction of sp³-hybridized carbons (Fsp3) is 0.550. The van der Waals surface area contributed by atoms with Crippen LogP contribution < -0.4 is 10.1 Å². The molecule has 0 atom stereocenters. The molecule has 0 unspecified atom stereocenters. The molecular formula is C20H29N3O5. The van der Waals surface area contributed by atoms with Crippen LogP contribution in [0.15, 0.2) is 18.2 Å². The number of rotatable bonds is 5. The lowest BCUT2D eigenvalue weighted by Crippen LogP contribution is -2.62. The molecule has 1 aliphatic heterocycles. The summed E-state index contributed by atoms with van der Waals surface area (Å²) in [7, 11) is 3.21. The van der Waals surface area contributed by atoms with E-state index in [0.717, 1.165) is 5.56 Å². The molecule has 1 heterocycles. The number of nitrogens with zero attached hydrogens (tertiary/aromatic N) is 2. The maximum absolute atomic E-state index is 13.3. The van der Waals surface area contributed by atoms with Crippen LogP contribution in [0.5, 0.6) is 5.75 Å². The van der Waals surface area contributed by atoms with Gasteiger partial charge in [0.05, 0.1) is 13.7 Å². The van der Waals surface area contributed by atoms with Gasteiger partial charge in [0.25, 0.3) is 0 Å². The highest BCUT2D eigenvalue weighted by molar-refractivity contribution is 6.01. The molecule has 1 fully saturated rings. The smallest absolute Gasteiger partial charge is 0.409 e. The number of carbonyl (C=O) groups is 3. The molecule has 0 aliphatic carbocycles. The van der Waals surface area contributed by atoms with E-state index < -0.39 is 11.6 Å². The second-order valence-electron chi connectivity index (χ2n) is 6.93. The number of amides is 3. The fourth-order valence-electron chi connectivity index (χ4n) is 3.43. The van der Waals surface area contributed by atoms with E-state index in [1.807, 2.05) is 13.0 Å². The minimum atomic E-state index is -1.03. The van der Waals surface area contributed by atoms with Crippen molar-refractivity contribution in [3.05, 3.63) is 23.8 Å². The molecule has 28 heavy (non-hydrogen) atoms. The molecule has 0 bridgehead atoms. The number of carbonyl (C=O) groups excluding carboxylic acids is 3. The Morgan fingerprint density at radius 2 is 1.89 bits per heavy atom. The van der Waals surface area contributed by atoms with Gasteiger partial charge in [0.15, 0.2) is 0 Å². The lowest BCUT2D eigenvalue weighted by molar-refractivity contribution is -0.144. The van der Waals surface area contributed by atoms with E-state index in [9.17, 15) is 14.4 Å². The third-order valence-corrected chi connectivity index (χ3v) is 5.34. The number of piperidine rings is 1. The van der Waals surface area contributed by atoms with E-state index >= 15 is 0 Å². The van der Waals surface area contributed by atoms with Crippen LogP contribution in [-0.4, -0.2) is 67.1 Å². The monoisotopic (exact) mass is 391 g/mol. The van der Waals surface area contributed by atoms with Gasteiger partial charge in [-0.2, -0.15) is 0 Å². The number of ether oxygens (including phenoxy) is 2. The third-order valence-electron chi connectivity index (χ3n) is 5.34. The second-order valence-corrected chi connectivity index (χ2v) is 6.93. The zero-order chi connectivity index (χ0) is 20.9. The maximum atomic E-state index is 13.3. The van der Waals surface area contributed by atoms with E-state index in [1.54, 1.807) is 38.1 Å². The Labute approximate surface area is 165 Å². The topological polar surface area (TPSA) is 88.2 Å². The molecule has 154 valence electrons. The second kappa shape index (κ2) is 8.95. The Hall–Kier alpha value is -2.77. The van der Waals surface area contributed by atoms with Crippen LogP contribution in [0.4, 0.5) is 10.5 Å². The van der Waals surface area contributed by atoms with Crippen molar-refractivity contribution in [3.8, 4) is 5.75 Å². The van der Waals surface area contributed by atoms with Crippen molar-refractivity contribution in [3.63, 3.8) is 0 Å². The van der Waals surface area contributed by atoms with Gasteiger partial charge in [-0.25, -0.2) is 4.79 Å². The lowest BCUT2D eigenvalue weighted by Gasteiger charge is -2.45. The Balaban J connectivity index is 2.23. The van der Waals surface area contributed by atoms with Crippen LogP contribution in [0.25, 0.3) is 0 Å². The molecule has 0 radical (unpaired) electrons. The first-order valence-electron chi connectivity index (χ1n) is 9.37. The summed E-state index contributed by atoms with van der Waals surface area (Å²) in [4.78, 5) is 40.4. The normalized spacial score (nSPS) is 15.5. The zero-order valence-corrected chi connectivity index (χ0v) is 17.2. The van der Waals surface area contributed by atoms with Crippen molar-refractivity contribution in [1.29, 1.82) is 0 Å². The molecular weight excluding hydrogens is 362 g/mol. The first kappa shape index (κ1) is 21.5. The number of nitrogens with one attached hydrogen (secondary N) is 1. The van der Waals surface area contributed by atoms with Crippen LogP contribution in [0.3, 0.4) is 0 Å². The summed E-state index contributed by atoms with van der Waals surface area (Å²) in [5, 5.41) is 2.95. The van der Waals surface area contributed by atoms with Crippen molar-refractivity contribution in [2.24, 2.45) is 0 Å². The molecule has 0 spiro atoms. The number of aryl methyl sites for hydroxylation is 1. The van der Waals surface area contributed by atoms with Gasteiger partial charge in [0.2, 0.25) is 11.8 Å². The minimum Gasteiger partial charge on any atom is -0.497 e. The average Bonchev–Trinajstić information content (AvgIpc) is 2.68. The number of likely N-dealkylation sites (tertiary alicyclic amines) is 1. The van der Waals surface area contributed by atoms with Crippen molar-refractivity contribution < 1.29 is 23.9 Å². The molecule has 8 heteroatoms. The predicted octanol–water partition coefficient (Wildman–Crippen LogP) is 2.41. The summed E-state index contributed by atoms with van der Waals surface area (Å²) in [6.45, 7) is 6.04. The van der Waals surface area contributed by atoms with Gasteiger partial charge in [-0.15, -0.1) is 0 Å². The highest BCUT2D eigenvalue weighted by Crippen LogP contribution is 2.31. The molecule has 8 nitrogen and oxygen atoms in total. The third kappa shape index (κ3) is 4.37. The maximum Gasteiger partial charge on any atom is 0.409 e. The highest BCUT2D eigenvalue weighted by Gasteiger charge is 2.47. The van der Waals surface area contributed by atoms with E-state index in [4.69, 9.17) is 9.47 Å². The summed E-state index contributed by atoms with van der Waals surface area (Å²) in [6.07, 6.45) is 0.277. The van der Waals surface area contributed by atoms with Gasteiger partial charge in [-0.3, -0.25) is 9.59 Å². The van der Waals surface area contributed by atoms with Crippen LogP contribution in [0, 0.1) is 6.92 Å². The highest BCUT2D eigenvalue weighted by atomic mass is 16.6. The number of hydrogen-bond donors (Lipinski definition) is 1. The molecule has 1 N–H and O–H groups in total. The quantitative estimate of drug-likeness (QED) is 0.833. The number of likely N-dealkylation sites (N-methyl/N-ethyl adjacent to an activating group) is 1. The SMILES string of the molecule is CCOC(=O)N1CCC(C(=O)Nc2ccc(OC)cc2C)(N(C)C(C)=O)CC1. The summed E-state index contributed by atoms with van der Waals surface area (Å²) in [5.74, 6) is 0.238. The van der Waals surface area contributed by atoms with Crippen molar-refractivity contribution in [1.82, 2.24) is 9.80 Å². The minimum absolute atomic E-state index is 0.203. The standard InChI is InChI=1S/C20H29N3O5/c1-6-28-19(26)23-11-9-20(10-12-23,22(4)15(3)24)18(25)21-17-8-7-16(27-5)13-14(17)2/h7-8,13H,6,9-12H2,1-5H3,(H,21,25). The molecule has 1 aromatic rings. The van der Waals surface area contributed by atoms with Crippen LogP contribution in [0.2, 0.25) is 0 Å². The summed E-state index contributed by atoms with van der Waals surface area (Å²) >= 11 is 0. The average molecular weight is 391 g/mol. The number of benzene rings is 1. The molecule has 1 aromatic carbocycles. The summed E-state index contributed by atoms with van der Waals surface area (Å²) in [6, 6.07) is 5.38. The first-order valence-corrected chi connectivity index (χ1v) is 9.37. The largest absolute Gasteiger partial charge is 0.497 e. The van der Waals surface area contributed by atoms with Crippen molar-refractivity contribution in [2.45, 2.75) is 39.2 Å². The van der Waals surface area contributed by atoms with Gasteiger partial charge in [0, 0.05) is 32.7 Å². The molecule has 0 saturated carbocycles. The Morgan fingerprint density at radius 1 is 1.25 bits per heavy atom. The molecule has 1 saturated heterocycles. The van der Waals surface area contributed by atoms with Gasteiger partial charge in [0.1, 0.15) is 11.3 Å². The van der Waals surface area contributed by atoms with E-state index in [0.29, 0.717) is 44.0 Å². The Kier molecular flexibility index (Phi) is 6.88. The van der Waals surface area contributed by atoms with E-state index in [2.05, 4.69) is 5.32 Å². The van der Waals surface area contributed by atoms with Gasteiger partial charge < -0.3 is 24.6 Å². The van der Waals surface area contributed by atoms with Gasteiger partial charge >= 0.3 is 6.09 Å². The lowest BCUT2D eigenvalue weighted by atomic mass is 9.84. The summed E-state index contributed by atoms with van der Waals surface area (Å²) < 4.78 is 10.2. The number of anilines is 1. The first-order chi connectivity index (χ1) is 13.2. The molecule has 1 aliphatic rings. The molecule has 0 aromatic heterocycles. The van der Waals surface area contributed by atoms with Gasteiger partial charge in [-0.1, -0.05) is 0 Å². The summed E-state index contributed by atoms with van der Waals surface area (Å²) in [5.41, 5.74) is 0.494. The van der Waals surface area contributed by atoms with Crippen LogP contribution in [-0.2, 0) is 14.3 Å². The number of hydrogen-bond acceptors (Lipinski definition) is 5. The van der Waals surface area contributed by atoms with E-state index in [-0.39, 0.29) is 11.8 Å². The van der Waals surface area contributed by atoms with Crippen molar-refractivity contribution in [2.75, 3.05) is 39.2 Å². The van der Waals surface area contributed by atoms with Crippen molar-refractivity contribution >= 4 is 23.6 Å². The zero-order valence-electron chi connectivity index (χ0n) is 17.2. The van der Waals surface area contributed by atoms with Crippen LogP contribution >= 0.6 is 0 Å². The van der Waals surface area contributed by atoms with Gasteiger partial charge in [-0.05, 0) is 50.5 Å². The molecule has 3 amide bonds. The van der Waals surface area contributed by atoms with Crippen LogP contribution in [0.1, 0.15) is 32.3 Å². The Morgan fingerprint density at radius 3 is 2.39 bits per heavy atom. The molecule has 2 rings (SSSR count).